The summed E-state index contributed by atoms with van der Waals surface area (Å²) in [4.78, 5) is 9.54. The summed E-state index contributed by atoms with van der Waals surface area (Å²) in [5.74, 6) is 1.76. The van der Waals surface area contributed by atoms with E-state index in [0.29, 0.717) is 13.2 Å². The van der Waals surface area contributed by atoms with Crippen LogP contribution in [0.3, 0.4) is 0 Å². The molecule has 0 spiro atoms. The Kier molecular flexibility index (Phi) is 5.42. The van der Waals surface area contributed by atoms with Gasteiger partial charge >= 0.3 is 0 Å². The minimum Gasteiger partial charge on any atom is -0.494 e. The number of ether oxygens (including phenoxy) is 2. The third-order valence-corrected chi connectivity index (χ3v) is 5.50. The van der Waals surface area contributed by atoms with Crippen molar-refractivity contribution in [1.82, 2.24) is 9.97 Å². The molecule has 0 bridgehead atoms. The van der Waals surface area contributed by atoms with Crippen LogP contribution >= 0.6 is 0 Å². The number of nitrogens with zero attached hydrogens (tertiary/aromatic N) is 2. The van der Waals surface area contributed by atoms with E-state index in [4.69, 9.17) is 19.4 Å². The predicted octanol–water partition coefficient (Wildman–Crippen LogP) is 6.91. The van der Waals surface area contributed by atoms with Crippen molar-refractivity contribution in [3.63, 3.8) is 0 Å². The lowest BCUT2D eigenvalue weighted by Crippen LogP contribution is -1.91. The molecule has 2 heterocycles. The predicted molar refractivity (Wildman–Crippen MR) is 130 cm³/mol. The molecule has 5 rings (SSSR count). The maximum absolute atomic E-state index is 5.54. The second-order valence-corrected chi connectivity index (χ2v) is 7.57. The number of benzene rings is 3. The van der Waals surface area contributed by atoms with Gasteiger partial charge in [-0.1, -0.05) is 36.4 Å². The summed E-state index contributed by atoms with van der Waals surface area (Å²) >= 11 is 0. The van der Waals surface area contributed by atoms with Gasteiger partial charge in [-0.05, 0) is 61.4 Å². The third-order valence-electron chi connectivity index (χ3n) is 5.50. The molecule has 4 heteroatoms. The van der Waals surface area contributed by atoms with Crippen molar-refractivity contribution in [1.29, 1.82) is 0 Å². The highest BCUT2D eigenvalue weighted by atomic mass is 16.5. The third kappa shape index (κ3) is 3.87. The normalized spacial score (nSPS) is 11.1. The fraction of sp³-hybridized carbons (Fsp3) is 0.143. The minimum atomic E-state index is 0.664. The molecular weight excluding hydrogens is 396 g/mol. The maximum Gasteiger partial charge on any atom is 0.119 e. The van der Waals surface area contributed by atoms with Crippen molar-refractivity contribution in [2.75, 3.05) is 13.2 Å². The number of hydrogen-bond donors (Lipinski definition) is 0. The smallest absolute Gasteiger partial charge is 0.119 e. The summed E-state index contributed by atoms with van der Waals surface area (Å²) in [6, 6.07) is 24.8. The Morgan fingerprint density at radius 2 is 0.938 bits per heavy atom. The first-order chi connectivity index (χ1) is 15.7. The quantitative estimate of drug-likeness (QED) is 0.280. The van der Waals surface area contributed by atoms with E-state index in [1.807, 2.05) is 50.5 Å². The Labute approximate surface area is 187 Å². The molecule has 158 valence electrons. The molecular formula is C28H24N2O2. The molecule has 0 amide bonds. The Morgan fingerprint density at radius 1 is 0.531 bits per heavy atom. The average Bonchev–Trinajstić information content (AvgIpc) is 2.84. The summed E-state index contributed by atoms with van der Waals surface area (Å²) in [5.41, 5.74) is 6.20. The van der Waals surface area contributed by atoms with Crippen molar-refractivity contribution < 1.29 is 9.47 Å². The van der Waals surface area contributed by atoms with Crippen LogP contribution in [0.25, 0.3) is 44.1 Å². The van der Waals surface area contributed by atoms with Gasteiger partial charge in [0, 0.05) is 34.3 Å². The van der Waals surface area contributed by atoms with E-state index < -0.39 is 0 Å². The van der Waals surface area contributed by atoms with Gasteiger partial charge < -0.3 is 9.47 Å². The molecule has 0 saturated heterocycles. The van der Waals surface area contributed by atoms with E-state index in [0.717, 1.165) is 55.6 Å². The summed E-state index contributed by atoms with van der Waals surface area (Å²) < 4.78 is 11.1. The molecule has 0 radical (unpaired) electrons. The molecule has 0 saturated carbocycles. The highest BCUT2D eigenvalue weighted by Gasteiger charge is 2.08. The Morgan fingerprint density at radius 3 is 1.31 bits per heavy atom. The van der Waals surface area contributed by atoms with Crippen LogP contribution in [0.5, 0.6) is 11.5 Å². The average molecular weight is 421 g/mol. The number of aromatic nitrogens is 2. The van der Waals surface area contributed by atoms with Crippen LogP contribution < -0.4 is 9.47 Å². The van der Waals surface area contributed by atoms with Gasteiger partial charge in [-0.3, -0.25) is 9.97 Å². The lowest BCUT2D eigenvalue weighted by atomic mass is 10.0. The molecule has 0 aliphatic carbocycles. The van der Waals surface area contributed by atoms with Gasteiger partial charge in [0.2, 0.25) is 0 Å². The zero-order valence-electron chi connectivity index (χ0n) is 18.2. The summed E-state index contributed by atoms with van der Waals surface area (Å²) in [5, 5.41) is 2.15. The van der Waals surface area contributed by atoms with Crippen molar-refractivity contribution in [2.45, 2.75) is 13.8 Å². The molecule has 4 nitrogen and oxygen atoms in total. The Bertz CT molecular complexity index is 1270. The molecule has 0 fully saturated rings. The van der Waals surface area contributed by atoms with Gasteiger partial charge in [-0.15, -0.1) is 0 Å². The molecule has 0 unspecified atom stereocenters. The summed E-state index contributed by atoms with van der Waals surface area (Å²) in [6.45, 7) is 5.30. The van der Waals surface area contributed by atoms with E-state index in [1.54, 1.807) is 0 Å². The van der Waals surface area contributed by atoms with Gasteiger partial charge in [0.05, 0.1) is 24.2 Å². The first-order valence-electron chi connectivity index (χ1n) is 10.9. The fourth-order valence-corrected chi connectivity index (χ4v) is 3.93. The number of rotatable bonds is 6. The van der Waals surface area contributed by atoms with Crippen molar-refractivity contribution in [3.8, 4) is 33.8 Å². The van der Waals surface area contributed by atoms with Gasteiger partial charge in [0.15, 0.2) is 0 Å². The van der Waals surface area contributed by atoms with Gasteiger partial charge in [0.25, 0.3) is 0 Å². The molecule has 2 aromatic heterocycles. The Hall–Kier alpha value is -3.92. The molecule has 32 heavy (non-hydrogen) atoms. The zero-order valence-corrected chi connectivity index (χ0v) is 18.2. The van der Waals surface area contributed by atoms with Crippen LogP contribution in [0, 0.1) is 0 Å². The van der Waals surface area contributed by atoms with Crippen molar-refractivity contribution in [3.05, 3.63) is 85.2 Å². The summed E-state index contributed by atoms with van der Waals surface area (Å²) in [6.07, 6.45) is 3.83. The van der Waals surface area contributed by atoms with E-state index in [1.165, 1.54) is 0 Å². The van der Waals surface area contributed by atoms with Crippen molar-refractivity contribution >= 4 is 21.8 Å². The van der Waals surface area contributed by atoms with Crippen LogP contribution in [0.1, 0.15) is 13.8 Å². The molecule has 0 N–H and O–H groups in total. The van der Waals surface area contributed by atoms with Crippen LogP contribution in [0.2, 0.25) is 0 Å². The topological polar surface area (TPSA) is 44.2 Å². The van der Waals surface area contributed by atoms with E-state index >= 15 is 0 Å². The van der Waals surface area contributed by atoms with Crippen LogP contribution in [-0.4, -0.2) is 23.2 Å². The fourth-order valence-electron chi connectivity index (χ4n) is 3.93. The first-order valence-corrected chi connectivity index (χ1v) is 10.9. The molecule has 3 aromatic carbocycles. The zero-order chi connectivity index (χ0) is 21.9. The van der Waals surface area contributed by atoms with Crippen LogP contribution in [0.15, 0.2) is 85.2 Å². The highest BCUT2D eigenvalue weighted by Crippen LogP contribution is 2.30. The van der Waals surface area contributed by atoms with Crippen LogP contribution in [0.4, 0.5) is 0 Å². The van der Waals surface area contributed by atoms with Gasteiger partial charge in [-0.2, -0.15) is 0 Å². The van der Waals surface area contributed by atoms with E-state index in [9.17, 15) is 0 Å². The van der Waals surface area contributed by atoms with Crippen LogP contribution in [-0.2, 0) is 0 Å². The second-order valence-electron chi connectivity index (χ2n) is 7.57. The monoisotopic (exact) mass is 420 g/mol. The van der Waals surface area contributed by atoms with Gasteiger partial charge in [0.1, 0.15) is 11.5 Å². The largest absolute Gasteiger partial charge is 0.494 e. The Balaban J connectivity index is 1.49. The first kappa shape index (κ1) is 20.0. The van der Waals surface area contributed by atoms with Gasteiger partial charge in [-0.25, -0.2) is 0 Å². The molecule has 5 aromatic rings. The standard InChI is InChI=1S/C28H24N2O2/c1-3-31-25-11-7-19(8-12-25)23-15-21-5-6-22-16-24(18-30-28(22)27(21)29-17-23)20-9-13-26(14-10-20)32-4-2/h5-18H,3-4H2,1-2H3. The maximum atomic E-state index is 5.54. The number of fused-ring (bicyclic) bond motifs is 3. The lowest BCUT2D eigenvalue weighted by molar-refractivity contribution is 0.340. The van der Waals surface area contributed by atoms with E-state index in [2.05, 4.69) is 48.5 Å². The number of hydrogen-bond acceptors (Lipinski definition) is 4. The lowest BCUT2D eigenvalue weighted by Gasteiger charge is -2.09. The molecule has 0 atom stereocenters. The molecule has 0 aliphatic heterocycles. The van der Waals surface area contributed by atoms with E-state index in [-0.39, 0.29) is 0 Å². The highest BCUT2D eigenvalue weighted by molar-refractivity contribution is 6.04. The number of pyridine rings is 2. The second kappa shape index (κ2) is 8.67. The minimum absolute atomic E-state index is 0.664. The van der Waals surface area contributed by atoms with Crippen molar-refractivity contribution in [2.24, 2.45) is 0 Å². The molecule has 0 aliphatic rings. The summed E-state index contributed by atoms with van der Waals surface area (Å²) in [7, 11) is 0. The SMILES string of the molecule is CCOc1ccc(-c2cnc3c(ccc4cc(-c5ccc(OCC)cc5)cnc43)c2)cc1.